The molecule has 14 heavy (non-hydrogen) atoms. The van der Waals surface area contributed by atoms with Crippen LogP contribution in [0.3, 0.4) is 0 Å². The monoisotopic (exact) mass is 239 g/mol. The van der Waals surface area contributed by atoms with Crippen molar-refractivity contribution in [3.05, 3.63) is 29.0 Å². The maximum Gasteiger partial charge on any atom is 0.261 e. The highest BCUT2D eigenvalue weighted by Crippen LogP contribution is 2.27. The van der Waals surface area contributed by atoms with Gasteiger partial charge in [-0.25, -0.2) is 8.78 Å². The summed E-state index contributed by atoms with van der Waals surface area (Å²) in [6, 6.07) is 1.59. The number of nitrogens with zero attached hydrogens (tertiary/aromatic N) is 1. The van der Waals surface area contributed by atoms with E-state index in [1.165, 1.54) is 12.4 Å². The van der Waals surface area contributed by atoms with E-state index in [9.17, 15) is 8.78 Å². The highest BCUT2D eigenvalue weighted by Gasteiger charge is 2.32. The second-order valence-electron chi connectivity index (χ2n) is 3.10. The van der Waals surface area contributed by atoms with Gasteiger partial charge in [0.05, 0.1) is 5.02 Å². The summed E-state index contributed by atoms with van der Waals surface area (Å²) in [7, 11) is 0. The highest BCUT2D eigenvalue weighted by atomic mass is 35.5. The Kier molecular flexibility index (Phi) is 3.67. The van der Waals surface area contributed by atoms with Crippen molar-refractivity contribution < 1.29 is 8.78 Å². The number of aromatic nitrogens is 1. The lowest BCUT2D eigenvalue weighted by Gasteiger charge is -2.17. The Bertz CT molecular complexity index is 312. The summed E-state index contributed by atoms with van der Waals surface area (Å²) in [5.41, 5.74) is 0.586. The molecule has 78 valence electrons. The van der Waals surface area contributed by atoms with E-state index in [1.54, 1.807) is 6.07 Å². The summed E-state index contributed by atoms with van der Waals surface area (Å²) in [4.78, 5) is 3.75. The van der Waals surface area contributed by atoms with Crippen molar-refractivity contribution in [2.24, 2.45) is 0 Å². The lowest BCUT2D eigenvalue weighted by atomic mass is 10.1. The fourth-order valence-electron chi connectivity index (χ4n) is 0.942. The summed E-state index contributed by atoms with van der Waals surface area (Å²) < 4.78 is 25.5. The standard InChI is InChI=1S/C9H9Cl2F2N/c1-9(12,13)8(11)4-6-2-3-14-5-7(6)10/h2-3,5,8H,4H2,1H3. The van der Waals surface area contributed by atoms with Crippen LogP contribution in [0, 0.1) is 0 Å². The van der Waals surface area contributed by atoms with Crippen molar-refractivity contribution in [3.63, 3.8) is 0 Å². The normalized spacial score (nSPS) is 14.1. The quantitative estimate of drug-likeness (QED) is 0.736. The van der Waals surface area contributed by atoms with E-state index in [0.29, 0.717) is 10.6 Å². The molecule has 1 aromatic heterocycles. The second kappa shape index (κ2) is 4.41. The molecule has 5 heteroatoms. The molecule has 1 aromatic rings. The Labute approximate surface area is 91.0 Å². The van der Waals surface area contributed by atoms with Crippen LogP contribution in [0.15, 0.2) is 18.5 Å². The molecule has 0 N–H and O–H groups in total. The molecule has 1 rings (SSSR count). The van der Waals surface area contributed by atoms with Crippen molar-refractivity contribution in [2.75, 3.05) is 0 Å². The fraction of sp³-hybridized carbons (Fsp3) is 0.444. The van der Waals surface area contributed by atoms with Crippen LogP contribution in [0.25, 0.3) is 0 Å². The molecular formula is C9H9Cl2F2N. The molecule has 0 saturated carbocycles. The first-order chi connectivity index (χ1) is 6.41. The van der Waals surface area contributed by atoms with E-state index in [0.717, 1.165) is 6.92 Å². The average molecular weight is 240 g/mol. The molecule has 0 aliphatic carbocycles. The number of rotatable bonds is 3. The predicted octanol–water partition coefficient (Wildman–Crippen LogP) is 3.54. The zero-order valence-corrected chi connectivity index (χ0v) is 8.99. The van der Waals surface area contributed by atoms with E-state index < -0.39 is 11.3 Å². The van der Waals surface area contributed by atoms with Crippen LogP contribution in [0.4, 0.5) is 8.78 Å². The van der Waals surface area contributed by atoms with Gasteiger partial charge in [-0.2, -0.15) is 0 Å². The molecule has 0 bridgehead atoms. The number of hydrogen-bond acceptors (Lipinski definition) is 1. The van der Waals surface area contributed by atoms with Crippen molar-refractivity contribution in [1.29, 1.82) is 0 Å². The molecule has 1 atom stereocenters. The van der Waals surface area contributed by atoms with Gasteiger partial charge in [0.15, 0.2) is 0 Å². The molecule has 0 amide bonds. The van der Waals surface area contributed by atoms with Gasteiger partial charge in [-0.3, -0.25) is 4.98 Å². The number of halogens is 4. The van der Waals surface area contributed by atoms with Crippen molar-refractivity contribution in [3.8, 4) is 0 Å². The van der Waals surface area contributed by atoms with Gasteiger partial charge in [-0.15, -0.1) is 11.6 Å². The average Bonchev–Trinajstić information content (AvgIpc) is 2.07. The third-order valence-electron chi connectivity index (χ3n) is 1.81. The van der Waals surface area contributed by atoms with Gasteiger partial charge in [0.25, 0.3) is 5.92 Å². The Morgan fingerprint density at radius 2 is 2.21 bits per heavy atom. The Morgan fingerprint density at radius 3 is 2.71 bits per heavy atom. The summed E-state index contributed by atoms with van der Waals surface area (Å²) in [5, 5.41) is -0.884. The molecule has 1 unspecified atom stereocenters. The molecule has 0 aromatic carbocycles. The molecule has 0 aliphatic heterocycles. The lowest BCUT2D eigenvalue weighted by molar-refractivity contribution is 0.0175. The van der Waals surface area contributed by atoms with Gasteiger partial charge in [0.1, 0.15) is 5.38 Å². The molecule has 0 radical (unpaired) electrons. The largest absolute Gasteiger partial charge is 0.263 e. The molecule has 1 nitrogen and oxygen atoms in total. The van der Waals surface area contributed by atoms with Crippen molar-refractivity contribution >= 4 is 23.2 Å². The Balaban J connectivity index is 2.75. The highest BCUT2D eigenvalue weighted by molar-refractivity contribution is 6.31. The van der Waals surface area contributed by atoms with Crippen LogP contribution in [0.1, 0.15) is 12.5 Å². The van der Waals surface area contributed by atoms with Gasteiger partial charge < -0.3 is 0 Å². The lowest BCUT2D eigenvalue weighted by Crippen LogP contribution is -2.27. The van der Waals surface area contributed by atoms with Gasteiger partial charge in [0.2, 0.25) is 0 Å². The Hall–Kier alpha value is -0.410. The summed E-state index contributed by atoms with van der Waals surface area (Å²) in [6.45, 7) is 0.791. The van der Waals surface area contributed by atoms with Gasteiger partial charge in [-0.05, 0) is 18.1 Å². The van der Waals surface area contributed by atoms with Crippen LogP contribution in [0.5, 0.6) is 0 Å². The maximum absolute atomic E-state index is 12.7. The van der Waals surface area contributed by atoms with Crippen LogP contribution in [-0.4, -0.2) is 16.3 Å². The van der Waals surface area contributed by atoms with E-state index >= 15 is 0 Å². The number of pyridine rings is 1. The van der Waals surface area contributed by atoms with Crippen LogP contribution < -0.4 is 0 Å². The minimum Gasteiger partial charge on any atom is -0.263 e. The summed E-state index contributed by atoms with van der Waals surface area (Å²) in [6.07, 6.45) is 2.94. The predicted molar refractivity (Wildman–Crippen MR) is 53.2 cm³/mol. The van der Waals surface area contributed by atoms with Crippen molar-refractivity contribution in [1.82, 2.24) is 4.98 Å². The minimum absolute atomic E-state index is 0.0341. The minimum atomic E-state index is -2.91. The van der Waals surface area contributed by atoms with E-state index in [-0.39, 0.29) is 6.42 Å². The molecule has 0 saturated heterocycles. The number of alkyl halides is 3. The fourth-order valence-corrected chi connectivity index (χ4v) is 1.30. The molecule has 0 aliphatic rings. The zero-order valence-electron chi connectivity index (χ0n) is 7.48. The third-order valence-corrected chi connectivity index (χ3v) is 2.68. The van der Waals surface area contributed by atoms with Crippen LogP contribution in [-0.2, 0) is 6.42 Å². The van der Waals surface area contributed by atoms with Crippen molar-refractivity contribution in [2.45, 2.75) is 24.6 Å². The zero-order chi connectivity index (χ0) is 10.8. The van der Waals surface area contributed by atoms with E-state index in [4.69, 9.17) is 23.2 Å². The van der Waals surface area contributed by atoms with E-state index in [2.05, 4.69) is 4.98 Å². The van der Waals surface area contributed by atoms with E-state index in [1.807, 2.05) is 0 Å². The summed E-state index contributed by atoms with van der Waals surface area (Å²) in [5.74, 6) is -2.91. The molecular weight excluding hydrogens is 231 g/mol. The van der Waals surface area contributed by atoms with Gasteiger partial charge in [-0.1, -0.05) is 11.6 Å². The first-order valence-electron chi connectivity index (χ1n) is 4.01. The third kappa shape index (κ3) is 3.07. The van der Waals surface area contributed by atoms with Crippen LogP contribution >= 0.6 is 23.2 Å². The first kappa shape index (κ1) is 11.7. The SMILES string of the molecule is CC(F)(F)C(Cl)Cc1ccncc1Cl. The number of hydrogen-bond donors (Lipinski definition) is 0. The molecule has 1 heterocycles. The first-order valence-corrected chi connectivity index (χ1v) is 4.83. The molecule has 0 spiro atoms. The smallest absolute Gasteiger partial charge is 0.261 e. The van der Waals surface area contributed by atoms with Crippen LogP contribution in [0.2, 0.25) is 5.02 Å². The second-order valence-corrected chi connectivity index (χ2v) is 4.03. The summed E-state index contributed by atoms with van der Waals surface area (Å²) >= 11 is 11.3. The van der Waals surface area contributed by atoms with Gasteiger partial charge >= 0.3 is 0 Å². The Morgan fingerprint density at radius 1 is 1.57 bits per heavy atom. The van der Waals surface area contributed by atoms with Gasteiger partial charge in [0, 0.05) is 19.3 Å². The topological polar surface area (TPSA) is 12.9 Å². The molecule has 0 fully saturated rings. The maximum atomic E-state index is 12.7.